The topological polar surface area (TPSA) is 105 Å². The van der Waals surface area contributed by atoms with Gasteiger partial charge in [-0.05, 0) is 55.5 Å². The van der Waals surface area contributed by atoms with Crippen LogP contribution >= 0.6 is 27.5 Å². The summed E-state index contributed by atoms with van der Waals surface area (Å²) < 4.78 is 24.0. The van der Waals surface area contributed by atoms with E-state index in [1.807, 2.05) is 0 Å². The molecule has 198 valence electrons. The highest BCUT2D eigenvalue weighted by atomic mass is 79.9. The Balaban J connectivity index is 1.69. The number of carbonyl (C=O) groups excluding carboxylic acids is 1. The third kappa shape index (κ3) is 5.25. The Morgan fingerprint density at radius 3 is 2.72 bits per heavy atom. The van der Waals surface area contributed by atoms with E-state index in [-0.39, 0.29) is 11.6 Å². The van der Waals surface area contributed by atoms with Gasteiger partial charge < -0.3 is 18.6 Å². The molecule has 0 amide bonds. The quantitative estimate of drug-likeness (QED) is 0.163. The van der Waals surface area contributed by atoms with Crippen molar-refractivity contribution in [1.29, 1.82) is 0 Å². The molecule has 2 heterocycles. The molecule has 1 atom stereocenters. The van der Waals surface area contributed by atoms with E-state index in [4.69, 9.17) is 30.2 Å². The molecule has 5 rings (SSSR count). The van der Waals surface area contributed by atoms with Gasteiger partial charge in [-0.3, -0.25) is 4.79 Å². The minimum Gasteiger partial charge on any atom is -0.493 e. The number of esters is 1. The molecular formula is C28H21BrClN3O6. The first-order chi connectivity index (χ1) is 18.8. The summed E-state index contributed by atoms with van der Waals surface area (Å²) in [6.07, 6.45) is 0.494. The fraction of sp³-hybridized carbons (Fsp3) is 0.143. The van der Waals surface area contributed by atoms with Crippen molar-refractivity contribution in [3.05, 3.63) is 86.1 Å². The van der Waals surface area contributed by atoms with Gasteiger partial charge in [0.25, 0.3) is 5.56 Å². The molecule has 0 bridgehead atoms. The average molecular weight is 611 g/mol. The number of carbonyl (C=O) groups is 1. The van der Waals surface area contributed by atoms with Crippen molar-refractivity contribution in [1.82, 2.24) is 9.66 Å². The van der Waals surface area contributed by atoms with Gasteiger partial charge in [-0.2, -0.15) is 9.78 Å². The van der Waals surface area contributed by atoms with Crippen molar-refractivity contribution < 1.29 is 23.4 Å². The molecule has 0 saturated heterocycles. The van der Waals surface area contributed by atoms with Crippen LogP contribution in [0.4, 0.5) is 0 Å². The van der Waals surface area contributed by atoms with E-state index >= 15 is 0 Å². The van der Waals surface area contributed by atoms with Gasteiger partial charge in [0.2, 0.25) is 5.82 Å². The summed E-state index contributed by atoms with van der Waals surface area (Å²) in [5, 5.41) is 6.17. The van der Waals surface area contributed by atoms with Crippen LogP contribution in [-0.2, 0) is 9.53 Å². The Morgan fingerprint density at radius 2 is 1.95 bits per heavy atom. The highest BCUT2D eigenvalue weighted by Crippen LogP contribution is 2.35. The number of halogens is 2. The molecule has 0 unspecified atom stereocenters. The van der Waals surface area contributed by atoms with Crippen molar-refractivity contribution in [2.45, 2.75) is 13.0 Å². The number of para-hydroxylation sites is 1. The molecule has 0 fully saturated rings. The van der Waals surface area contributed by atoms with Crippen molar-refractivity contribution in [2.24, 2.45) is 5.10 Å². The number of fused-ring (bicyclic) bond motifs is 2. The van der Waals surface area contributed by atoms with Gasteiger partial charge in [-0.1, -0.05) is 39.7 Å². The number of aromatic nitrogens is 2. The Kier molecular flexibility index (Phi) is 7.40. The fourth-order valence-corrected chi connectivity index (χ4v) is 4.62. The maximum absolute atomic E-state index is 13.6. The summed E-state index contributed by atoms with van der Waals surface area (Å²) in [6, 6.07) is 17.3. The number of hydrogen-bond donors (Lipinski definition) is 0. The number of rotatable bonds is 7. The lowest BCUT2D eigenvalue weighted by atomic mass is 10.2. The largest absolute Gasteiger partial charge is 0.493 e. The monoisotopic (exact) mass is 609 g/mol. The molecule has 9 nitrogen and oxygen atoms in total. The number of furan rings is 1. The van der Waals surface area contributed by atoms with Crippen LogP contribution in [0.3, 0.4) is 0 Å². The van der Waals surface area contributed by atoms with Crippen LogP contribution in [0.1, 0.15) is 12.5 Å². The van der Waals surface area contributed by atoms with Crippen LogP contribution < -0.4 is 15.0 Å². The summed E-state index contributed by atoms with van der Waals surface area (Å²) in [5.41, 5.74) is 1.09. The summed E-state index contributed by atoms with van der Waals surface area (Å²) >= 11 is 9.60. The highest BCUT2D eigenvalue weighted by molar-refractivity contribution is 9.10. The Hall–Kier alpha value is -4.15. The smallest absolute Gasteiger partial charge is 0.346 e. The molecule has 39 heavy (non-hydrogen) atoms. The molecule has 2 aromatic heterocycles. The van der Waals surface area contributed by atoms with E-state index in [0.29, 0.717) is 43.1 Å². The van der Waals surface area contributed by atoms with Crippen LogP contribution in [0.15, 0.2) is 79.4 Å². The lowest BCUT2D eigenvalue weighted by molar-refractivity contribution is -0.147. The van der Waals surface area contributed by atoms with Crippen LogP contribution in [0.2, 0.25) is 5.02 Å². The van der Waals surface area contributed by atoms with E-state index in [9.17, 15) is 9.59 Å². The molecule has 3 aromatic carbocycles. The first kappa shape index (κ1) is 26.5. The summed E-state index contributed by atoms with van der Waals surface area (Å²) in [4.78, 5) is 30.3. The number of hydrogen-bond acceptors (Lipinski definition) is 8. The summed E-state index contributed by atoms with van der Waals surface area (Å²) in [7, 11) is 2.75. The van der Waals surface area contributed by atoms with E-state index in [1.165, 1.54) is 20.4 Å². The molecule has 0 aliphatic rings. The molecule has 0 saturated carbocycles. The van der Waals surface area contributed by atoms with Crippen LogP contribution in [0.25, 0.3) is 33.5 Å². The average Bonchev–Trinajstić information content (AvgIpc) is 3.35. The van der Waals surface area contributed by atoms with Gasteiger partial charge in [-0.15, -0.1) is 0 Å². The predicted octanol–water partition coefficient (Wildman–Crippen LogP) is 6.06. The zero-order valence-corrected chi connectivity index (χ0v) is 23.3. The number of methoxy groups -OCH3 is 2. The van der Waals surface area contributed by atoms with Crippen LogP contribution in [-0.4, -0.2) is 42.2 Å². The van der Waals surface area contributed by atoms with E-state index < -0.39 is 17.6 Å². The summed E-state index contributed by atoms with van der Waals surface area (Å²) in [5.74, 6) is 0.540. The third-order valence-electron chi connectivity index (χ3n) is 5.86. The molecule has 0 radical (unpaired) electrons. The molecular weight excluding hydrogens is 590 g/mol. The van der Waals surface area contributed by atoms with Gasteiger partial charge >= 0.3 is 5.97 Å². The Morgan fingerprint density at radius 1 is 1.15 bits per heavy atom. The zero-order chi connectivity index (χ0) is 27.7. The van der Waals surface area contributed by atoms with Crippen LogP contribution in [0.5, 0.6) is 11.5 Å². The molecule has 0 spiro atoms. The van der Waals surface area contributed by atoms with E-state index in [0.717, 1.165) is 10.1 Å². The Labute approximate surface area is 235 Å². The molecule has 0 aliphatic carbocycles. The Bertz CT molecular complexity index is 1810. The van der Waals surface area contributed by atoms with Gasteiger partial charge in [-0.25, -0.2) is 9.78 Å². The normalized spacial score (nSPS) is 12.2. The van der Waals surface area contributed by atoms with Crippen molar-refractivity contribution in [2.75, 3.05) is 14.2 Å². The number of ether oxygens (including phenoxy) is 3. The molecule has 0 N–H and O–H groups in total. The standard InChI is InChI=1S/C28H21BrClN3O6/c1-15(28(35)37-3)38-25-17(10-18(29)13-23(25)36-2)14-31-33-26(32-21-7-5-4-6-20(21)27(33)34)24-12-16-11-19(30)8-9-22(16)39-24/h4-15H,1-3H3/t15-/m0/s1. The lowest BCUT2D eigenvalue weighted by Crippen LogP contribution is -2.25. The zero-order valence-electron chi connectivity index (χ0n) is 21.0. The van der Waals surface area contributed by atoms with Gasteiger partial charge in [0, 0.05) is 20.4 Å². The van der Waals surface area contributed by atoms with Gasteiger partial charge in [0.1, 0.15) is 5.58 Å². The van der Waals surface area contributed by atoms with Crippen molar-refractivity contribution in [3.8, 4) is 23.1 Å². The SMILES string of the molecule is COC(=O)[C@H](C)Oc1c(C=Nn2c(-c3cc4cc(Cl)ccc4o3)nc3ccccc3c2=O)cc(Br)cc1OC. The summed E-state index contributed by atoms with van der Waals surface area (Å²) in [6.45, 7) is 1.55. The van der Waals surface area contributed by atoms with E-state index in [1.54, 1.807) is 67.6 Å². The second kappa shape index (κ2) is 10.9. The second-order valence-electron chi connectivity index (χ2n) is 8.42. The van der Waals surface area contributed by atoms with Gasteiger partial charge in [0.15, 0.2) is 23.4 Å². The lowest BCUT2D eigenvalue weighted by Gasteiger charge is -2.17. The fourth-order valence-electron chi connectivity index (χ4n) is 3.99. The number of nitrogens with zero attached hydrogens (tertiary/aromatic N) is 3. The van der Waals surface area contributed by atoms with Crippen LogP contribution in [0, 0.1) is 0 Å². The minimum absolute atomic E-state index is 0.189. The maximum atomic E-state index is 13.6. The molecule has 5 aromatic rings. The third-order valence-corrected chi connectivity index (χ3v) is 6.55. The molecule has 0 aliphatic heterocycles. The first-order valence-corrected chi connectivity index (χ1v) is 12.8. The van der Waals surface area contributed by atoms with Gasteiger partial charge in [0.05, 0.1) is 31.3 Å². The molecule has 11 heteroatoms. The highest BCUT2D eigenvalue weighted by Gasteiger charge is 2.21. The number of benzene rings is 3. The van der Waals surface area contributed by atoms with Crippen molar-refractivity contribution >= 4 is 61.6 Å². The minimum atomic E-state index is -0.930. The predicted molar refractivity (Wildman–Crippen MR) is 152 cm³/mol. The first-order valence-electron chi connectivity index (χ1n) is 11.7. The second-order valence-corrected chi connectivity index (χ2v) is 9.77. The maximum Gasteiger partial charge on any atom is 0.346 e. The van der Waals surface area contributed by atoms with Crippen molar-refractivity contribution in [3.63, 3.8) is 0 Å². The van der Waals surface area contributed by atoms with E-state index in [2.05, 4.69) is 26.0 Å².